The van der Waals surface area contributed by atoms with Crippen LogP contribution in [-0.4, -0.2) is 46.9 Å². The minimum atomic E-state index is 0.129. The van der Waals surface area contributed by atoms with Crippen molar-refractivity contribution in [3.8, 4) is 10.4 Å². The van der Waals surface area contributed by atoms with Gasteiger partial charge in [0.2, 0.25) is 0 Å². The Labute approximate surface area is 172 Å². The number of hydrogen-bond acceptors (Lipinski definition) is 5. The maximum absolute atomic E-state index is 12.9. The molecule has 0 radical (unpaired) electrons. The molecule has 1 amide bonds. The van der Waals surface area contributed by atoms with E-state index < -0.39 is 0 Å². The molecule has 0 aliphatic carbocycles. The van der Waals surface area contributed by atoms with Crippen LogP contribution in [0.25, 0.3) is 10.4 Å². The van der Waals surface area contributed by atoms with Gasteiger partial charge >= 0.3 is 0 Å². The predicted molar refractivity (Wildman–Crippen MR) is 113 cm³/mol. The van der Waals surface area contributed by atoms with Crippen LogP contribution in [0.3, 0.4) is 0 Å². The number of aryl methyl sites for hydroxylation is 1. The highest BCUT2D eigenvalue weighted by molar-refractivity contribution is 7.17. The first-order valence-electron chi connectivity index (χ1n) is 8.87. The first kappa shape index (κ1) is 18.6. The number of amides is 1. The predicted octanol–water partition coefficient (Wildman–Crippen LogP) is 4.79. The summed E-state index contributed by atoms with van der Waals surface area (Å²) in [5.41, 5.74) is 2.22. The summed E-state index contributed by atoms with van der Waals surface area (Å²) >= 11 is 9.19. The van der Waals surface area contributed by atoms with E-state index in [-0.39, 0.29) is 5.91 Å². The van der Waals surface area contributed by atoms with Crippen LogP contribution in [0.4, 0.5) is 0 Å². The van der Waals surface area contributed by atoms with Gasteiger partial charge in [0.05, 0.1) is 15.6 Å². The lowest BCUT2D eigenvalue weighted by molar-refractivity contribution is 0.0632. The monoisotopic (exact) mass is 417 g/mol. The standard InChI is InChI=1S/C20H20ClN3OS2/c1-14-22-17(13-26-14)12-23-8-10-24(11-9-23)20(25)19-7-6-18(27-19)15-2-4-16(21)5-3-15/h2-7,13H,8-12H2,1H3. The fourth-order valence-electron chi connectivity index (χ4n) is 3.20. The molecule has 4 nitrogen and oxygen atoms in total. The number of nitrogens with zero attached hydrogens (tertiary/aromatic N) is 3. The number of carbonyl (C=O) groups is 1. The Morgan fingerprint density at radius 2 is 1.85 bits per heavy atom. The molecular formula is C20H20ClN3OS2. The first-order valence-corrected chi connectivity index (χ1v) is 10.9. The second-order valence-electron chi connectivity index (χ2n) is 6.60. The third-order valence-corrected chi connectivity index (χ3v) is 6.85. The van der Waals surface area contributed by atoms with Crippen molar-refractivity contribution in [1.29, 1.82) is 0 Å². The largest absolute Gasteiger partial charge is 0.335 e. The number of halogens is 1. The van der Waals surface area contributed by atoms with Gasteiger partial charge in [-0.3, -0.25) is 9.69 Å². The molecule has 3 aromatic rings. The van der Waals surface area contributed by atoms with Gasteiger partial charge in [0.25, 0.3) is 5.91 Å². The molecule has 1 aliphatic rings. The van der Waals surface area contributed by atoms with Crippen LogP contribution in [0.2, 0.25) is 5.02 Å². The molecule has 2 aromatic heterocycles. The summed E-state index contributed by atoms with van der Waals surface area (Å²) in [4.78, 5) is 23.6. The molecule has 27 heavy (non-hydrogen) atoms. The highest BCUT2D eigenvalue weighted by Gasteiger charge is 2.23. The Balaban J connectivity index is 1.36. The lowest BCUT2D eigenvalue weighted by Gasteiger charge is -2.34. The number of rotatable bonds is 4. The number of hydrogen-bond donors (Lipinski definition) is 0. The normalized spacial score (nSPS) is 15.3. The number of thiophene rings is 1. The van der Waals surface area contributed by atoms with Crippen molar-refractivity contribution in [2.75, 3.05) is 26.2 Å². The topological polar surface area (TPSA) is 36.4 Å². The molecule has 0 saturated carbocycles. The summed E-state index contributed by atoms with van der Waals surface area (Å²) in [6.45, 7) is 6.19. The molecule has 0 N–H and O–H groups in total. The molecule has 0 bridgehead atoms. The molecule has 1 fully saturated rings. The van der Waals surface area contributed by atoms with E-state index in [4.69, 9.17) is 11.6 Å². The molecule has 7 heteroatoms. The summed E-state index contributed by atoms with van der Waals surface area (Å²) in [7, 11) is 0. The fraction of sp³-hybridized carbons (Fsp3) is 0.300. The van der Waals surface area contributed by atoms with E-state index in [0.29, 0.717) is 0 Å². The lowest BCUT2D eigenvalue weighted by Crippen LogP contribution is -2.48. The fourth-order valence-corrected chi connectivity index (χ4v) is 4.91. The van der Waals surface area contributed by atoms with E-state index in [1.807, 2.05) is 48.2 Å². The zero-order valence-corrected chi connectivity index (χ0v) is 17.4. The molecule has 4 rings (SSSR count). The van der Waals surface area contributed by atoms with Crippen LogP contribution in [0.1, 0.15) is 20.4 Å². The molecule has 0 unspecified atom stereocenters. The van der Waals surface area contributed by atoms with E-state index in [1.165, 1.54) is 0 Å². The molecule has 3 heterocycles. The number of carbonyl (C=O) groups excluding carboxylic acids is 1. The molecule has 140 valence electrons. The minimum absolute atomic E-state index is 0.129. The zero-order chi connectivity index (χ0) is 18.8. The van der Waals surface area contributed by atoms with Crippen LogP contribution in [-0.2, 0) is 6.54 Å². The van der Waals surface area contributed by atoms with Gasteiger partial charge < -0.3 is 4.90 Å². The third kappa shape index (κ3) is 4.41. The Morgan fingerprint density at radius 1 is 1.11 bits per heavy atom. The van der Waals surface area contributed by atoms with Crippen LogP contribution in [0.15, 0.2) is 41.8 Å². The Morgan fingerprint density at radius 3 is 2.52 bits per heavy atom. The number of piperazine rings is 1. The first-order chi connectivity index (χ1) is 13.1. The highest BCUT2D eigenvalue weighted by atomic mass is 35.5. The molecule has 1 aliphatic heterocycles. The van der Waals surface area contributed by atoms with Crippen molar-refractivity contribution in [1.82, 2.24) is 14.8 Å². The zero-order valence-electron chi connectivity index (χ0n) is 15.0. The van der Waals surface area contributed by atoms with Crippen LogP contribution < -0.4 is 0 Å². The lowest BCUT2D eigenvalue weighted by atomic mass is 10.2. The van der Waals surface area contributed by atoms with Crippen molar-refractivity contribution >= 4 is 40.2 Å². The number of aromatic nitrogens is 1. The van der Waals surface area contributed by atoms with Crippen LogP contribution in [0.5, 0.6) is 0 Å². The summed E-state index contributed by atoms with van der Waals surface area (Å²) in [6, 6.07) is 11.7. The average Bonchev–Trinajstić information content (AvgIpc) is 3.32. The van der Waals surface area contributed by atoms with Gasteiger partial charge in [0, 0.05) is 48.0 Å². The van der Waals surface area contributed by atoms with Gasteiger partial charge in [0.15, 0.2) is 0 Å². The smallest absolute Gasteiger partial charge is 0.264 e. The van der Waals surface area contributed by atoms with Crippen molar-refractivity contribution in [2.45, 2.75) is 13.5 Å². The summed E-state index contributed by atoms with van der Waals surface area (Å²) in [5, 5.41) is 3.95. The van der Waals surface area contributed by atoms with Gasteiger partial charge in [-0.2, -0.15) is 0 Å². The molecular weight excluding hydrogens is 398 g/mol. The van der Waals surface area contributed by atoms with E-state index in [2.05, 4.69) is 15.3 Å². The molecule has 0 atom stereocenters. The van der Waals surface area contributed by atoms with E-state index >= 15 is 0 Å². The minimum Gasteiger partial charge on any atom is -0.335 e. The SMILES string of the molecule is Cc1nc(CN2CCN(C(=O)c3ccc(-c4ccc(Cl)cc4)s3)CC2)cs1. The van der Waals surface area contributed by atoms with E-state index in [1.54, 1.807) is 22.7 Å². The van der Waals surface area contributed by atoms with Crippen molar-refractivity contribution in [2.24, 2.45) is 0 Å². The molecule has 1 saturated heterocycles. The van der Waals surface area contributed by atoms with Gasteiger partial charge in [-0.15, -0.1) is 22.7 Å². The Bertz CT molecular complexity index is 927. The second-order valence-corrected chi connectivity index (χ2v) is 9.18. The van der Waals surface area contributed by atoms with E-state index in [0.717, 1.165) is 63.8 Å². The van der Waals surface area contributed by atoms with Gasteiger partial charge in [-0.1, -0.05) is 23.7 Å². The summed E-state index contributed by atoms with van der Waals surface area (Å²) in [5.74, 6) is 0.129. The molecule has 0 spiro atoms. The van der Waals surface area contributed by atoms with Crippen molar-refractivity contribution < 1.29 is 4.79 Å². The molecule has 1 aromatic carbocycles. The van der Waals surface area contributed by atoms with Gasteiger partial charge in [-0.05, 0) is 36.8 Å². The maximum atomic E-state index is 12.9. The maximum Gasteiger partial charge on any atom is 0.264 e. The summed E-state index contributed by atoms with van der Waals surface area (Å²) < 4.78 is 0. The van der Waals surface area contributed by atoms with Crippen molar-refractivity contribution in [3.63, 3.8) is 0 Å². The summed E-state index contributed by atoms with van der Waals surface area (Å²) in [6.07, 6.45) is 0. The third-order valence-electron chi connectivity index (χ3n) is 4.66. The van der Waals surface area contributed by atoms with Crippen LogP contribution in [0, 0.1) is 6.92 Å². The van der Waals surface area contributed by atoms with E-state index in [9.17, 15) is 4.79 Å². The number of benzene rings is 1. The van der Waals surface area contributed by atoms with Crippen LogP contribution >= 0.6 is 34.3 Å². The Kier molecular flexibility index (Phi) is 5.59. The van der Waals surface area contributed by atoms with Crippen molar-refractivity contribution in [3.05, 3.63) is 62.4 Å². The highest BCUT2D eigenvalue weighted by Crippen LogP contribution is 2.30. The average molecular weight is 418 g/mol. The van der Waals surface area contributed by atoms with Gasteiger partial charge in [-0.25, -0.2) is 4.98 Å². The van der Waals surface area contributed by atoms with Gasteiger partial charge in [0.1, 0.15) is 0 Å². The quantitative estimate of drug-likeness (QED) is 0.612. The Hall–Kier alpha value is -1.73. The number of thiazole rings is 1. The second kappa shape index (κ2) is 8.10.